The fraction of sp³-hybridized carbons (Fsp3) is 0.364. The molecule has 1 rings (SSSR count). The zero-order chi connectivity index (χ0) is 10.8. The van der Waals surface area contributed by atoms with Gasteiger partial charge < -0.3 is 4.43 Å². The maximum Gasteiger partial charge on any atom is 0.242 e. The second-order valence-electron chi connectivity index (χ2n) is 4.37. The molecule has 0 unspecified atom stereocenters. The molecule has 0 N–H and O–H groups in total. The Morgan fingerprint density at radius 3 is 2.43 bits per heavy atom. The first kappa shape index (κ1) is 11.0. The van der Waals surface area contributed by atoms with Crippen LogP contribution in [-0.4, -0.2) is 14.6 Å². The summed E-state index contributed by atoms with van der Waals surface area (Å²) >= 11 is 0. The van der Waals surface area contributed by atoms with Crippen molar-refractivity contribution in [2.24, 2.45) is 0 Å². The highest BCUT2D eigenvalue weighted by molar-refractivity contribution is 6.70. The SMILES string of the molecule is Cc1ccc(C=O)c(O[Si](C)(C)C)c1. The van der Waals surface area contributed by atoms with Crippen molar-refractivity contribution >= 4 is 14.6 Å². The molecule has 0 saturated heterocycles. The van der Waals surface area contributed by atoms with Crippen molar-refractivity contribution in [1.82, 2.24) is 0 Å². The highest BCUT2D eigenvalue weighted by Gasteiger charge is 2.17. The van der Waals surface area contributed by atoms with E-state index in [1.165, 1.54) is 0 Å². The second-order valence-corrected chi connectivity index (χ2v) is 8.80. The summed E-state index contributed by atoms with van der Waals surface area (Å²) in [5.41, 5.74) is 1.75. The fourth-order valence-corrected chi connectivity index (χ4v) is 1.99. The van der Waals surface area contributed by atoms with Gasteiger partial charge >= 0.3 is 0 Å². The molecule has 0 heterocycles. The Kier molecular flexibility index (Phi) is 3.11. The van der Waals surface area contributed by atoms with Crippen LogP contribution in [0.3, 0.4) is 0 Å². The summed E-state index contributed by atoms with van der Waals surface area (Å²) in [6, 6.07) is 5.64. The van der Waals surface area contributed by atoms with Gasteiger partial charge in [-0.05, 0) is 44.3 Å². The quantitative estimate of drug-likeness (QED) is 0.564. The van der Waals surface area contributed by atoms with Crippen molar-refractivity contribution < 1.29 is 9.22 Å². The molecule has 76 valence electrons. The lowest BCUT2D eigenvalue weighted by atomic mass is 10.1. The van der Waals surface area contributed by atoms with Crippen molar-refractivity contribution in [3.05, 3.63) is 29.3 Å². The van der Waals surface area contributed by atoms with E-state index >= 15 is 0 Å². The molecule has 0 amide bonds. The van der Waals surface area contributed by atoms with Crippen LogP contribution in [0.4, 0.5) is 0 Å². The van der Waals surface area contributed by atoms with Crippen molar-refractivity contribution in [1.29, 1.82) is 0 Å². The lowest BCUT2D eigenvalue weighted by Crippen LogP contribution is -2.29. The molecule has 1 aromatic rings. The maximum absolute atomic E-state index is 10.8. The van der Waals surface area contributed by atoms with Gasteiger partial charge in [-0.1, -0.05) is 6.07 Å². The Morgan fingerprint density at radius 2 is 1.93 bits per heavy atom. The Morgan fingerprint density at radius 1 is 1.29 bits per heavy atom. The summed E-state index contributed by atoms with van der Waals surface area (Å²) in [6.07, 6.45) is 0.842. The lowest BCUT2D eigenvalue weighted by Gasteiger charge is -2.20. The topological polar surface area (TPSA) is 26.3 Å². The van der Waals surface area contributed by atoms with Crippen LogP contribution in [0.5, 0.6) is 5.75 Å². The molecule has 1 aromatic carbocycles. The van der Waals surface area contributed by atoms with E-state index in [2.05, 4.69) is 19.6 Å². The summed E-state index contributed by atoms with van der Waals surface area (Å²) in [5, 5.41) is 0. The molecule has 0 bridgehead atoms. The van der Waals surface area contributed by atoms with E-state index in [1.807, 2.05) is 19.1 Å². The zero-order valence-electron chi connectivity index (χ0n) is 9.13. The minimum absolute atomic E-state index is 0.637. The lowest BCUT2D eigenvalue weighted by molar-refractivity contribution is 0.112. The summed E-state index contributed by atoms with van der Waals surface area (Å²) < 4.78 is 5.81. The molecule has 3 heteroatoms. The third-order valence-corrected chi connectivity index (χ3v) is 2.54. The number of aldehydes is 1. The predicted molar refractivity (Wildman–Crippen MR) is 60.5 cm³/mol. The summed E-state index contributed by atoms with van der Waals surface area (Å²) in [6.45, 7) is 8.30. The van der Waals surface area contributed by atoms with Gasteiger partial charge in [-0.15, -0.1) is 0 Å². The number of rotatable bonds is 3. The highest BCUT2D eigenvalue weighted by atomic mass is 28.4. The van der Waals surface area contributed by atoms with E-state index in [0.29, 0.717) is 5.56 Å². The number of benzene rings is 1. The molecule has 0 radical (unpaired) electrons. The Balaban J connectivity index is 3.05. The Hall–Kier alpha value is -1.09. The molecule has 14 heavy (non-hydrogen) atoms. The normalized spacial score (nSPS) is 11.1. The zero-order valence-corrected chi connectivity index (χ0v) is 10.1. The minimum Gasteiger partial charge on any atom is -0.544 e. The van der Waals surface area contributed by atoms with E-state index in [-0.39, 0.29) is 0 Å². The molecule has 0 aromatic heterocycles. The van der Waals surface area contributed by atoms with Gasteiger partial charge in [-0.3, -0.25) is 4.79 Å². The number of hydrogen-bond donors (Lipinski definition) is 0. The van der Waals surface area contributed by atoms with Crippen LogP contribution in [0.2, 0.25) is 19.6 Å². The maximum atomic E-state index is 10.8. The van der Waals surface area contributed by atoms with E-state index in [1.54, 1.807) is 6.07 Å². The molecule has 0 atom stereocenters. The monoisotopic (exact) mass is 208 g/mol. The summed E-state index contributed by atoms with van der Waals surface area (Å²) in [4.78, 5) is 10.8. The smallest absolute Gasteiger partial charge is 0.242 e. The van der Waals surface area contributed by atoms with Gasteiger partial charge in [0.05, 0.1) is 5.56 Å². The molecule has 2 nitrogen and oxygen atoms in total. The van der Waals surface area contributed by atoms with Crippen LogP contribution >= 0.6 is 0 Å². The van der Waals surface area contributed by atoms with Crippen LogP contribution in [0, 0.1) is 6.92 Å². The largest absolute Gasteiger partial charge is 0.544 e. The minimum atomic E-state index is -1.63. The first-order chi connectivity index (χ1) is 6.42. The van der Waals surface area contributed by atoms with Crippen molar-refractivity contribution in [2.45, 2.75) is 26.6 Å². The van der Waals surface area contributed by atoms with Crippen LogP contribution in [-0.2, 0) is 0 Å². The van der Waals surface area contributed by atoms with Gasteiger partial charge in [0, 0.05) is 0 Å². The van der Waals surface area contributed by atoms with Crippen molar-refractivity contribution in [2.75, 3.05) is 0 Å². The van der Waals surface area contributed by atoms with E-state index < -0.39 is 8.32 Å². The molecule has 0 aliphatic rings. The second kappa shape index (κ2) is 3.96. The molecule has 0 spiro atoms. The van der Waals surface area contributed by atoms with Crippen LogP contribution in [0.1, 0.15) is 15.9 Å². The molecule has 0 aliphatic heterocycles. The Bertz CT molecular complexity index is 340. The van der Waals surface area contributed by atoms with Crippen LogP contribution in [0.15, 0.2) is 18.2 Å². The number of carbonyl (C=O) groups is 1. The first-order valence-electron chi connectivity index (χ1n) is 4.67. The van der Waals surface area contributed by atoms with Gasteiger partial charge in [0.2, 0.25) is 8.32 Å². The van der Waals surface area contributed by atoms with Gasteiger partial charge in [0.15, 0.2) is 6.29 Å². The number of hydrogen-bond acceptors (Lipinski definition) is 2. The van der Waals surface area contributed by atoms with Crippen LogP contribution < -0.4 is 4.43 Å². The van der Waals surface area contributed by atoms with Gasteiger partial charge in [-0.2, -0.15) is 0 Å². The molecule has 0 fully saturated rings. The van der Waals surface area contributed by atoms with Crippen molar-refractivity contribution in [3.63, 3.8) is 0 Å². The van der Waals surface area contributed by atoms with Crippen molar-refractivity contribution in [3.8, 4) is 5.75 Å². The third-order valence-electron chi connectivity index (χ3n) is 1.71. The number of carbonyl (C=O) groups excluding carboxylic acids is 1. The standard InChI is InChI=1S/C11H16O2Si/c1-9-5-6-10(8-12)11(7-9)13-14(2,3)4/h5-8H,1-4H3. The van der Waals surface area contributed by atoms with E-state index in [0.717, 1.165) is 17.6 Å². The number of aryl methyl sites for hydroxylation is 1. The van der Waals surface area contributed by atoms with E-state index in [4.69, 9.17) is 4.43 Å². The van der Waals surface area contributed by atoms with Gasteiger partial charge in [0.25, 0.3) is 0 Å². The predicted octanol–water partition coefficient (Wildman–Crippen LogP) is 3.02. The first-order valence-corrected chi connectivity index (χ1v) is 8.08. The van der Waals surface area contributed by atoms with Gasteiger partial charge in [0.1, 0.15) is 5.75 Å². The Labute approximate surface area is 86.0 Å². The molecular weight excluding hydrogens is 192 g/mol. The fourth-order valence-electron chi connectivity index (χ4n) is 1.16. The summed E-state index contributed by atoms with van der Waals surface area (Å²) in [7, 11) is -1.63. The van der Waals surface area contributed by atoms with Gasteiger partial charge in [-0.25, -0.2) is 0 Å². The van der Waals surface area contributed by atoms with E-state index in [9.17, 15) is 4.79 Å². The highest BCUT2D eigenvalue weighted by Crippen LogP contribution is 2.21. The molecular formula is C11H16O2Si. The molecule has 0 saturated carbocycles. The average molecular weight is 208 g/mol. The third kappa shape index (κ3) is 2.99. The van der Waals surface area contributed by atoms with Crippen LogP contribution in [0.25, 0.3) is 0 Å². The summed E-state index contributed by atoms with van der Waals surface area (Å²) in [5.74, 6) is 0.721. The molecule has 0 aliphatic carbocycles. The average Bonchev–Trinajstić information content (AvgIpc) is 2.01.